The molecule has 0 unspecified atom stereocenters. The van der Waals surface area contributed by atoms with E-state index in [4.69, 9.17) is 5.11 Å². The molecule has 0 aromatic carbocycles. The second kappa shape index (κ2) is 13.3. The number of hydrogen-bond donors (Lipinski definition) is 3. The Morgan fingerprint density at radius 2 is 1.18 bits per heavy atom. The molecule has 1 aliphatic heterocycles. The first-order valence-electron chi connectivity index (χ1n) is 10.7. The second-order valence-corrected chi connectivity index (χ2v) is 7.82. The molecule has 3 N–H and O–H groups in total. The molecule has 1 saturated heterocycles. The SMILES string of the molecule is O=C(O)CC[C@@]1(C(=O)O)NC(=O)CCCCCCCCCCCCCCC1=O. The quantitative estimate of drug-likeness (QED) is 0.620. The van der Waals surface area contributed by atoms with E-state index in [9.17, 15) is 24.3 Å². The third-order valence-corrected chi connectivity index (χ3v) is 5.47. The lowest BCUT2D eigenvalue weighted by Crippen LogP contribution is -2.60. The predicted molar refractivity (Wildman–Crippen MR) is 105 cm³/mol. The van der Waals surface area contributed by atoms with E-state index in [1.165, 1.54) is 25.7 Å². The van der Waals surface area contributed by atoms with E-state index in [0.717, 1.165) is 38.5 Å². The molecule has 160 valence electrons. The van der Waals surface area contributed by atoms with Gasteiger partial charge in [-0.25, -0.2) is 4.79 Å². The molecule has 1 rings (SSSR count). The number of amides is 1. The highest BCUT2D eigenvalue weighted by molar-refractivity contribution is 6.10. The van der Waals surface area contributed by atoms with Gasteiger partial charge in [-0.15, -0.1) is 0 Å². The number of hydrogen-bond acceptors (Lipinski definition) is 4. The maximum absolute atomic E-state index is 12.7. The zero-order valence-corrected chi connectivity index (χ0v) is 16.8. The molecule has 28 heavy (non-hydrogen) atoms. The first kappa shape index (κ1) is 24.1. The minimum Gasteiger partial charge on any atom is -0.481 e. The van der Waals surface area contributed by atoms with Gasteiger partial charge in [0.25, 0.3) is 0 Å². The van der Waals surface area contributed by atoms with Crippen molar-refractivity contribution < 1.29 is 29.4 Å². The zero-order valence-electron chi connectivity index (χ0n) is 16.8. The van der Waals surface area contributed by atoms with Crippen LogP contribution in [0, 0.1) is 0 Å². The Hall–Kier alpha value is -1.92. The Labute approximate surface area is 167 Å². The number of rotatable bonds is 4. The van der Waals surface area contributed by atoms with Crippen LogP contribution < -0.4 is 5.32 Å². The minimum absolute atomic E-state index is 0.0339. The Morgan fingerprint density at radius 3 is 1.61 bits per heavy atom. The van der Waals surface area contributed by atoms with Gasteiger partial charge < -0.3 is 15.5 Å². The number of carbonyl (C=O) groups is 4. The second-order valence-electron chi connectivity index (χ2n) is 7.82. The Kier molecular flexibility index (Phi) is 11.4. The van der Waals surface area contributed by atoms with E-state index < -0.39 is 42.0 Å². The van der Waals surface area contributed by atoms with Gasteiger partial charge in [0, 0.05) is 19.3 Å². The van der Waals surface area contributed by atoms with Crippen LogP contribution >= 0.6 is 0 Å². The molecule has 7 heteroatoms. The first-order valence-corrected chi connectivity index (χ1v) is 10.7. The van der Waals surface area contributed by atoms with Crippen molar-refractivity contribution in [1.29, 1.82) is 0 Å². The molecule has 0 bridgehead atoms. The predicted octanol–water partition coefficient (Wildman–Crippen LogP) is 3.83. The van der Waals surface area contributed by atoms with E-state index in [0.29, 0.717) is 12.8 Å². The topological polar surface area (TPSA) is 121 Å². The van der Waals surface area contributed by atoms with E-state index in [1.807, 2.05) is 0 Å². The molecule has 1 fully saturated rings. The number of carboxylic acid groups (broad SMARTS) is 2. The maximum atomic E-state index is 12.7. The molecule has 1 amide bonds. The fourth-order valence-electron chi connectivity index (χ4n) is 3.70. The molecule has 0 aromatic heterocycles. The van der Waals surface area contributed by atoms with Crippen molar-refractivity contribution >= 4 is 23.6 Å². The van der Waals surface area contributed by atoms with Crippen LogP contribution in [0.15, 0.2) is 0 Å². The lowest BCUT2D eigenvalue weighted by molar-refractivity contribution is -0.154. The summed E-state index contributed by atoms with van der Waals surface area (Å²) in [7, 11) is 0. The number of ketones is 1. The van der Waals surface area contributed by atoms with Crippen LogP contribution in [0.25, 0.3) is 0 Å². The van der Waals surface area contributed by atoms with Gasteiger partial charge >= 0.3 is 11.9 Å². The van der Waals surface area contributed by atoms with E-state index >= 15 is 0 Å². The standard InChI is InChI=1S/C21H35NO6/c23-17-13-11-9-7-5-3-1-2-4-6-8-10-12-14-18(24)22-21(17,20(27)28)16-15-19(25)26/h1-16H2,(H,22,24)(H,25,26)(H,27,28)/t21-/m1/s1. The molecular formula is C21H35NO6. The average Bonchev–Trinajstić information content (AvgIpc) is 2.64. The average molecular weight is 398 g/mol. The van der Waals surface area contributed by atoms with Crippen molar-refractivity contribution in [3.05, 3.63) is 0 Å². The molecule has 0 spiro atoms. The number of carboxylic acids is 2. The van der Waals surface area contributed by atoms with Gasteiger partial charge in [-0.1, -0.05) is 64.2 Å². The number of Topliss-reactive ketones (excluding diaryl/α,β-unsaturated/α-hetero) is 1. The van der Waals surface area contributed by atoms with Crippen molar-refractivity contribution in [3.63, 3.8) is 0 Å². The van der Waals surface area contributed by atoms with Crippen LogP contribution in [0.5, 0.6) is 0 Å². The van der Waals surface area contributed by atoms with Crippen molar-refractivity contribution in [1.82, 2.24) is 5.32 Å². The van der Waals surface area contributed by atoms with E-state index in [1.54, 1.807) is 0 Å². The van der Waals surface area contributed by atoms with Crippen LogP contribution in [0.2, 0.25) is 0 Å². The van der Waals surface area contributed by atoms with Gasteiger partial charge in [0.1, 0.15) is 0 Å². The van der Waals surface area contributed by atoms with E-state index in [-0.39, 0.29) is 12.8 Å². The van der Waals surface area contributed by atoms with E-state index in [2.05, 4.69) is 5.32 Å². The molecule has 0 radical (unpaired) electrons. The van der Waals surface area contributed by atoms with Gasteiger partial charge in [0.05, 0.1) is 0 Å². The smallest absolute Gasteiger partial charge is 0.337 e. The molecule has 1 aliphatic rings. The van der Waals surface area contributed by atoms with Crippen LogP contribution in [-0.2, 0) is 19.2 Å². The highest BCUT2D eigenvalue weighted by atomic mass is 16.4. The Morgan fingerprint density at radius 1 is 0.750 bits per heavy atom. The third kappa shape index (κ3) is 8.85. The molecule has 1 heterocycles. The summed E-state index contributed by atoms with van der Waals surface area (Å²) in [5, 5.41) is 21.1. The largest absolute Gasteiger partial charge is 0.481 e. The molecule has 0 aliphatic carbocycles. The number of carbonyl (C=O) groups excluding carboxylic acids is 2. The van der Waals surface area contributed by atoms with Crippen LogP contribution in [-0.4, -0.2) is 39.4 Å². The van der Waals surface area contributed by atoms with Crippen molar-refractivity contribution in [2.75, 3.05) is 0 Å². The van der Waals surface area contributed by atoms with Crippen molar-refractivity contribution in [2.45, 2.75) is 108 Å². The van der Waals surface area contributed by atoms with Crippen molar-refractivity contribution in [3.8, 4) is 0 Å². The van der Waals surface area contributed by atoms with Gasteiger partial charge in [-0.2, -0.15) is 0 Å². The summed E-state index contributed by atoms with van der Waals surface area (Å²) >= 11 is 0. The van der Waals surface area contributed by atoms with Gasteiger partial charge in [0.2, 0.25) is 5.91 Å². The fraction of sp³-hybridized carbons (Fsp3) is 0.810. The van der Waals surface area contributed by atoms with Crippen molar-refractivity contribution in [2.24, 2.45) is 0 Å². The van der Waals surface area contributed by atoms with Gasteiger partial charge in [0.15, 0.2) is 11.3 Å². The lowest BCUT2D eigenvalue weighted by atomic mass is 9.85. The zero-order chi connectivity index (χ0) is 20.8. The number of aliphatic carboxylic acids is 2. The molecule has 7 nitrogen and oxygen atoms in total. The van der Waals surface area contributed by atoms with Gasteiger partial charge in [-0.3, -0.25) is 14.4 Å². The fourth-order valence-corrected chi connectivity index (χ4v) is 3.70. The van der Waals surface area contributed by atoms with Crippen LogP contribution in [0.3, 0.4) is 0 Å². The normalized spacial score (nSPS) is 24.6. The van der Waals surface area contributed by atoms with Crippen LogP contribution in [0.1, 0.15) is 103 Å². The summed E-state index contributed by atoms with van der Waals surface area (Å²) in [6.45, 7) is 0. The lowest BCUT2D eigenvalue weighted by Gasteiger charge is -2.29. The highest BCUT2D eigenvalue weighted by Crippen LogP contribution is 2.21. The Bertz CT molecular complexity index is 533. The molecule has 0 saturated carbocycles. The first-order chi connectivity index (χ1) is 13.4. The summed E-state index contributed by atoms with van der Waals surface area (Å²) in [6, 6.07) is 0. The molecule has 0 aromatic rings. The minimum atomic E-state index is -2.14. The molecular weight excluding hydrogens is 362 g/mol. The molecule has 1 atom stereocenters. The third-order valence-electron chi connectivity index (χ3n) is 5.47. The summed E-state index contributed by atoms with van der Waals surface area (Å²) in [6.07, 6.45) is 11.3. The monoisotopic (exact) mass is 397 g/mol. The Balaban J connectivity index is 2.84. The maximum Gasteiger partial charge on any atom is 0.337 e. The summed E-state index contributed by atoms with van der Waals surface area (Å²) < 4.78 is 0. The summed E-state index contributed by atoms with van der Waals surface area (Å²) in [4.78, 5) is 48.0. The highest BCUT2D eigenvalue weighted by Gasteiger charge is 2.46. The number of nitrogens with one attached hydrogen (secondary N) is 1. The summed E-state index contributed by atoms with van der Waals surface area (Å²) in [5.74, 6) is -3.76. The van der Waals surface area contributed by atoms with Gasteiger partial charge in [-0.05, 0) is 19.3 Å². The van der Waals surface area contributed by atoms with Crippen LogP contribution in [0.4, 0.5) is 0 Å². The summed E-state index contributed by atoms with van der Waals surface area (Å²) in [5.41, 5.74) is -2.14.